The van der Waals surface area contributed by atoms with Gasteiger partial charge in [-0.1, -0.05) is 118 Å². The van der Waals surface area contributed by atoms with Gasteiger partial charge in [0, 0.05) is 6.42 Å². The van der Waals surface area contributed by atoms with Crippen LogP contribution in [0.25, 0.3) is 0 Å². The van der Waals surface area contributed by atoms with Gasteiger partial charge in [0.1, 0.15) is 0 Å². The quantitative estimate of drug-likeness (QED) is 0.161. The van der Waals surface area contributed by atoms with Crippen LogP contribution in [0.3, 0.4) is 0 Å². The molecule has 0 rings (SSSR count). The number of unbranched alkanes of at least 4 members (excludes halogenated alkanes) is 12. The molecule has 28 heavy (non-hydrogen) atoms. The van der Waals surface area contributed by atoms with Gasteiger partial charge in [0.25, 0.3) is 0 Å². The summed E-state index contributed by atoms with van der Waals surface area (Å²) >= 11 is 0. The zero-order valence-corrected chi connectivity index (χ0v) is 20.1. The number of hydrogen-bond acceptors (Lipinski definition) is 2. The van der Waals surface area contributed by atoms with Gasteiger partial charge < -0.3 is 4.74 Å². The van der Waals surface area contributed by atoms with E-state index in [1.54, 1.807) is 0 Å². The fourth-order valence-electron chi connectivity index (χ4n) is 3.61. The molecule has 0 fully saturated rings. The molecule has 0 aliphatic rings. The molecular formula is C26H52O2. The number of rotatable bonds is 19. The van der Waals surface area contributed by atoms with Crippen LogP contribution in [0.1, 0.15) is 144 Å². The zero-order valence-electron chi connectivity index (χ0n) is 20.1. The topological polar surface area (TPSA) is 26.3 Å². The number of ether oxygens (including phenoxy) is 1. The van der Waals surface area contributed by atoms with Crippen molar-refractivity contribution in [3.8, 4) is 0 Å². The summed E-state index contributed by atoms with van der Waals surface area (Å²) < 4.78 is 5.36. The average Bonchev–Trinajstić information content (AvgIpc) is 2.60. The van der Waals surface area contributed by atoms with Crippen LogP contribution < -0.4 is 0 Å². The van der Waals surface area contributed by atoms with E-state index in [0.29, 0.717) is 18.4 Å². The third kappa shape index (κ3) is 23.5. The van der Waals surface area contributed by atoms with Gasteiger partial charge in [-0.25, -0.2) is 0 Å². The Kier molecular flexibility index (Phi) is 18.1. The van der Waals surface area contributed by atoms with Crippen LogP contribution in [0, 0.1) is 11.3 Å². The summed E-state index contributed by atoms with van der Waals surface area (Å²) in [6, 6.07) is 0. The summed E-state index contributed by atoms with van der Waals surface area (Å²) in [4.78, 5) is 11.7. The average molecular weight is 397 g/mol. The fraction of sp³-hybridized carbons (Fsp3) is 0.962. The van der Waals surface area contributed by atoms with Crippen LogP contribution in [0.4, 0.5) is 0 Å². The Labute approximate surface area is 177 Å². The Balaban J connectivity index is 3.19. The predicted octanol–water partition coefficient (Wildman–Crippen LogP) is 8.86. The minimum Gasteiger partial charge on any atom is -0.466 e. The van der Waals surface area contributed by atoms with Crippen LogP contribution in [0.15, 0.2) is 0 Å². The maximum absolute atomic E-state index is 11.7. The van der Waals surface area contributed by atoms with Crippen molar-refractivity contribution in [2.45, 2.75) is 144 Å². The lowest BCUT2D eigenvalue weighted by Crippen LogP contribution is -2.06. The van der Waals surface area contributed by atoms with Crippen molar-refractivity contribution < 1.29 is 9.53 Å². The molecule has 0 heterocycles. The van der Waals surface area contributed by atoms with Gasteiger partial charge in [-0.15, -0.1) is 0 Å². The molecule has 2 nitrogen and oxygen atoms in total. The Hall–Kier alpha value is -0.530. The molecule has 0 amide bonds. The van der Waals surface area contributed by atoms with Gasteiger partial charge in [-0.3, -0.25) is 4.79 Å². The van der Waals surface area contributed by atoms with E-state index < -0.39 is 0 Å². The van der Waals surface area contributed by atoms with E-state index in [0.717, 1.165) is 25.2 Å². The van der Waals surface area contributed by atoms with Gasteiger partial charge in [-0.05, 0) is 30.6 Å². The highest BCUT2D eigenvalue weighted by molar-refractivity contribution is 5.69. The van der Waals surface area contributed by atoms with Crippen molar-refractivity contribution in [2.75, 3.05) is 6.61 Å². The molecule has 0 bridgehead atoms. The van der Waals surface area contributed by atoms with Crippen molar-refractivity contribution >= 4 is 5.97 Å². The number of carbonyl (C=O) groups excluding carboxylic acids is 1. The van der Waals surface area contributed by atoms with Crippen LogP contribution in [-0.4, -0.2) is 12.6 Å². The molecule has 2 heteroatoms. The summed E-state index contributed by atoms with van der Waals surface area (Å²) in [5, 5.41) is 0. The first kappa shape index (κ1) is 27.5. The van der Waals surface area contributed by atoms with Gasteiger partial charge in [0.05, 0.1) is 6.61 Å². The van der Waals surface area contributed by atoms with E-state index in [9.17, 15) is 4.79 Å². The highest BCUT2D eigenvalue weighted by Gasteiger charge is 2.09. The standard InChI is InChI=1S/C26H52O2/c1-24(2)20-16-13-11-9-7-6-8-10-12-14-19-23-28-25(27)21-17-15-18-22-26(3,4)5/h24H,6-23H2,1-5H3. The molecule has 168 valence electrons. The monoisotopic (exact) mass is 396 g/mol. The van der Waals surface area contributed by atoms with E-state index in [1.807, 2.05) is 0 Å². The summed E-state index contributed by atoms with van der Waals surface area (Å²) in [6.45, 7) is 12.1. The van der Waals surface area contributed by atoms with Crippen molar-refractivity contribution in [2.24, 2.45) is 11.3 Å². The first-order valence-corrected chi connectivity index (χ1v) is 12.5. The molecule has 0 aromatic rings. The third-order valence-corrected chi connectivity index (χ3v) is 5.50. The Morgan fingerprint density at radius 2 is 1.14 bits per heavy atom. The summed E-state index contributed by atoms with van der Waals surface area (Å²) in [5.41, 5.74) is 0.410. The van der Waals surface area contributed by atoms with E-state index >= 15 is 0 Å². The van der Waals surface area contributed by atoms with E-state index in [1.165, 1.54) is 83.5 Å². The van der Waals surface area contributed by atoms with Crippen molar-refractivity contribution in [1.82, 2.24) is 0 Å². The Bertz CT molecular complexity index is 341. The van der Waals surface area contributed by atoms with Crippen LogP contribution in [0.2, 0.25) is 0 Å². The number of esters is 1. The lowest BCUT2D eigenvalue weighted by molar-refractivity contribution is -0.143. The molecular weight excluding hydrogens is 344 g/mol. The number of hydrogen-bond donors (Lipinski definition) is 0. The Morgan fingerprint density at radius 3 is 1.64 bits per heavy atom. The van der Waals surface area contributed by atoms with Crippen LogP contribution in [-0.2, 0) is 9.53 Å². The van der Waals surface area contributed by atoms with Crippen LogP contribution >= 0.6 is 0 Å². The smallest absolute Gasteiger partial charge is 0.305 e. The predicted molar refractivity (Wildman–Crippen MR) is 124 cm³/mol. The summed E-state index contributed by atoms with van der Waals surface area (Å²) in [7, 11) is 0. The molecule has 0 aliphatic heterocycles. The summed E-state index contributed by atoms with van der Waals surface area (Å²) in [6.07, 6.45) is 21.3. The lowest BCUT2D eigenvalue weighted by atomic mass is 9.89. The second kappa shape index (κ2) is 18.5. The van der Waals surface area contributed by atoms with E-state index in [4.69, 9.17) is 4.74 Å². The normalized spacial score (nSPS) is 11.9. The molecule has 0 unspecified atom stereocenters. The minimum absolute atomic E-state index is 0.00385. The SMILES string of the molecule is CC(C)CCCCCCCCCCCCCOC(=O)CCCCCC(C)(C)C. The first-order valence-electron chi connectivity index (χ1n) is 12.5. The van der Waals surface area contributed by atoms with Crippen molar-refractivity contribution in [3.63, 3.8) is 0 Å². The maximum atomic E-state index is 11.7. The molecule has 0 N–H and O–H groups in total. The van der Waals surface area contributed by atoms with Gasteiger partial charge in [-0.2, -0.15) is 0 Å². The maximum Gasteiger partial charge on any atom is 0.305 e. The lowest BCUT2D eigenvalue weighted by Gasteiger charge is -2.17. The molecule has 0 spiro atoms. The molecule has 0 atom stereocenters. The number of carbonyl (C=O) groups is 1. The second-order valence-corrected chi connectivity index (χ2v) is 10.4. The summed E-state index contributed by atoms with van der Waals surface area (Å²) in [5.74, 6) is 0.871. The highest BCUT2D eigenvalue weighted by atomic mass is 16.5. The highest BCUT2D eigenvalue weighted by Crippen LogP contribution is 2.22. The van der Waals surface area contributed by atoms with Gasteiger partial charge in [0.15, 0.2) is 0 Å². The largest absolute Gasteiger partial charge is 0.466 e. The van der Waals surface area contributed by atoms with Crippen molar-refractivity contribution in [3.05, 3.63) is 0 Å². The molecule has 0 radical (unpaired) electrons. The van der Waals surface area contributed by atoms with E-state index in [-0.39, 0.29) is 5.97 Å². The molecule has 0 saturated carbocycles. The minimum atomic E-state index is 0.00385. The van der Waals surface area contributed by atoms with E-state index in [2.05, 4.69) is 34.6 Å². The van der Waals surface area contributed by atoms with Gasteiger partial charge >= 0.3 is 5.97 Å². The first-order chi connectivity index (χ1) is 13.3. The molecule has 0 aromatic carbocycles. The zero-order chi connectivity index (χ0) is 21.1. The molecule has 0 aromatic heterocycles. The Morgan fingerprint density at radius 1 is 0.679 bits per heavy atom. The fourth-order valence-corrected chi connectivity index (χ4v) is 3.61. The molecule has 0 saturated heterocycles. The van der Waals surface area contributed by atoms with Crippen molar-refractivity contribution in [1.29, 1.82) is 0 Å². The van der Waals surface area contributed by atoms with Gasteiger partial charge in [0.2, 0.25) is 0 Å². The third-order valence-electron chi connectivity index (χ3n) is 5.50. The van der Waals surface area contributed by atoms with Crippen LogP contribution in [0.5, 0.6) is 0 Å². The molecule has 0 aliphatic carbocycles. The second-order valence-electron chi connectivity index (χ2n) is 10.4.